The normalized spacial score (nSPS) is 30.8. The second-order valence-corrected chi connectivity index (χ2v) is 7.12. The maximum atomic E-state index is 12.5. The summed E-state index contributed by atoms with van der Waals surface area (Å²) in [6, 6.07) is -0.861. The molecule has 20 heavy (non-hydrogen) atoms. The Balaban J connectivity index is 1.96. The zero-order valence-corrected chi connectivity index (χ0v) is 13.1. The van der Waals surface area contributed by atoms with E-state index >= 15 is 0 Å². The SMILES string of the molecule is CC1SCC(C(=O)O)N1C(=O)N(C)CC1CCN(C)C1. The van der Waals surface area contributed by atoms with Gasteiger partial charge in [0.15, 0.2) is 0 Å². The van der Waals surface area contributed by atoms with Crippen LogP contribution in [0.5, 0.6) is 0 Å². The Bertz CT molecular complexity index is 393. The summed E-state index contributed by atoms with van der Waals surface area (Å²) in [6.45, 7) is 4.66. The van der Waals surface area contributed by atoms with Crippen LogP contribution in [-0.4, -0.2) is 82.7 Å². The largest absolute Gasteiger partial charge is 0.480 e. The topological polar surface area (TPSA) is 64.1 Å². The van der Waals surface area contributed by atoms with E-state index in [-0.39, 0.29) is 11.4 Å². The molecule has 3 atom stereocenters. The van der Waals surface area contributed by atoms with E-state index in [2.05, 4.69) is 11.9 Å². The van der Waals surface area contributed by atoms with Gasteiger partial charge in [-0.2, -0.15) is 0 Å². The number of carbonyl (C=O) groups is 2. The minimum absolute atomic E-state index is 0.0719. The van der Waals surface area contributed by atoms with Crippen LogP contribution in [0.25, 0.3) is 0 Å². The predicted octanol–water partition coefficient (Wildman–Crippen LogP) is 0.838. The second-order valence-electron chi connectivity index (χ2n) is 5.77. The quantitative estimate of drug-likeness (QED) is 0.837. The van der Waals surface area contributed by atoms with Gasteiger partial charge in [0.2, 0.25) is 0 Å². The van der Waals surface area contributed by atoms with Crippen molar-refractivity contribution in [2.45, 2.75) is 24.8 Å². The van der Waals surface area contributed by atoms with E-state index in [1.807, 2.05) is 6.92 Å². The molecule has 3 unspecified atom stereocenters. The van der Waals surface area contributed by atoms with Gasteiger partial charge in [-0.15, -0.1) is 11.8 Å². The van der Waals surface area contributed by atoms with Gasteiger partial charge in [0.05, 0.1) is 5.37 Å². The fraction of sp³-hybridized carbons (Fsp3) is 0.846. The first-order chi connectivity index (χ1) is 9.40. The summed E-state index contributed by atoms with van der Waals surface area (Å²) >= 11 is 1.52. The zero-order chi connectivity index (χ0) is 14.9. The molecule has 2 aliphatic rings. The minimum atomic E-state index is -0.913. The van der Waals surface area contributed by atoms with Gasteiger partial charge in [-0.25, -0.2) is 9.59 Å². The summed E-state index contributed by atoms with van der Waals surface area (Å²) in [7, 11) is 3.86. The van der Waals surface area contributed by atoms with Crippen molar-refractivity contribution in [1.29, 1.82) is 0 Å². The highest BCUT2D eigenvalue weighted by molar-refractivity contribution is 8.00. The molecule has 2 fully saturated rings. The van der Waals surface area contributed by atoms with Gasteiger partial charge in [-0.3, -0.25) is 4.90 Å². The molecule has 7 heteroatoms. The molecule has 6 nitrogen and oxygen atoms in total. The molecule has 2 saturated heterocycles. The first kappa shape index (κ1) is 15.4. The van der Waals surface area contributed by atoms with E-state index in [1.54, 1.807) is 11.9 Å². The van der Waals surface area contributed by atoms with Gasteiger partial charge in [-0.1, -0.05) is 0 Å². The van der Waals surface area contributed by atoms with Crippen molar-refractivity contribution in [2.24, 2.45) is 5.92 Å². The summed E-state index contributed by atoms with van der Waals surface area (Å²) in [5.74, 6) is 0.0504. The third-order valence-corrected chi connectivity index (χ3v) is 5.29. The summed E-state index contributed by atoms with van der Waals surface area (Å²) in [4.78, 5) is 29.2. The van der Waals surface area contributed by atoms with Crippen LogP contribution in [0.15, 0.2) is 0 Å². The summed E-state index contributed by atoms with van der Waals surface area (Å²) in [6.07, 6.45) is 1.10. The number of urea groups is 1. The Morgan fingerprint density at radius 1 is 1.45 bits per heavy atom. The first-order valence-electron chi connectivity index (χ1n) is 6.96. The molecule has 0 aromatic rings. The molecule has 0 aromatic heterocycles. The number of likely N-dealkylation sites (tertiary alicyclic amines) is 1. The van der Waals surface area contributed by atoms with Crippen LogP contribution in [0, 0.1) is 5.92 Å². The Morgan fingerprint density at radius 3 is 2.70 bits per heavy atom. The van der Waals surface area contributed by atoms with E-state index < -0.39 is 12.0 Å². The van der Waals surface area contributed by atoms with E-state index in [4.69, 9.17) is 0 Å². The first-order valence-corrected chi connectivity index (χ1v) is 8.01. The summed E-state index contributed by atoms with van der Waals surface area (Å²) in [5.41, 5.74) is 0. The van der Waals surface area contributed by atoms with E-state index in [0.29, 0.717) is 18.2 Å². The lowest BCUT2D eigenvalue weighted by Crippen LogP contribution is -2.50. The number of hydrogen-bond acceptors (Lipinski definition) is 4. The highest BCUT2D eigenvalue weighted by Gasteiger charge is 2.41. The average Bonchev–Trinajstić information content (AvgIpc) is 2.94. The molecule has 0 saturated carbocycles. The molecule has 2 heterocycles. The van der Waals surface area contributed by atoms with E-state index in [9.17, 15) is 14.7 Å². The molecule has 0 aromatic carbocycles. The number of nitrogens with zero attached hydrogens (tertiary/aromatic N) is 3. The lowest BCUT2D eigenvalue weighted by atomic mass is 10.1. The van der Waals surface area contributed by atoms with Crippen molar-refractivity contribution in [3.8, 4) is 0 Å². The van der Waals surface area contributed by atoms with E-state index in [1.165, 1.54) is 16.7 Å². The van der Waals surface area contributed by atoms with Gasteiger partial charge in [0.25, 0.3) is 0 Å². The average molecular weight is 301 g/mol. The molecular formula is C13H23N3O3S. The fourth-order valence-corrected chi connectivity index (χ4v) is 4.12. The van der Waals surface area contributed by atoms with Gasteiger partial charge >= 0.3 is 12.0 Å². The van der Waals surface area contributed by atoms with Crippen LogP contribution in [0.2, 0.25) is 0 Å². The summed E-state index contributed by atoms with van der Waals surface area (Å²) < 4.78 is 0. The van der Waals surface area contributed by atoms with Crippen LogP contribution in [-0.2, 0) is 4.79 Å². The number of thioether (sulfide) groups is 1. The molecule has 0 spiro atoms. The highest BCUT2D eigenvalue weighted by atomic mass is 32.2. The van der Waals surface area contributed by atoms with Crippen molar-refractivity contribution >= 4 is 23.8 Å². The molecule has 2 aliphatic heterocycles. The fourth-order valence-electron chi connectivity index (χ4n) is 2.96. The highest BCUT2D eigenvalue weighted by Crippen LogP contribution is 2.30. The number of carboxylic acids is 1. The van der Waals surface area contributed by atoms with Crippen molar-refractivity contribution in [3.05, 3.63) is 0 Å². The molecule has 0 aliphatic carbocycles. The van der Waals surface area contributed by atoms with Gasteiger partial charge < -0.3 is 14.9 Å². The number of hydrogen-bond donors (Lipinski definition) is 1. The zero-order valence-electron chi connectivity index (χ0n) is 12.3. The molecule has 0 radical (unpaired) electrons. The molecule has 1 N–H and O–H groups in total. The summed E-state index contributed by atoms with van der Waals surface area (Å²) in [5, 5.41) is 9.15. The Morgan fingerprint density at radius 2 is 2.15 bits per heavy atom. The van der Waals surface area contributed by atoms with Crippen LogP contribution in [0.4, 0.5) is 4.79 Å². The lowest BCUT2D eigenvalue weighted by Gasteiger charge is -2.31. The molecule has 114 valence electrons. The van der Waals surface area contributed by atoms with Gasteiger partial charge in [0, 0.05) is 25.9 Å². The Kier molecular flexibility index (Phi) is 4.80. The molecule has 0 bridgehead atoms. The second kappa shape index (κ2) is 6.22. The van der Waals surface area contributed by atoms with Crippen LogP contribution >= 0.6 is 11.8 Å². The number of aliphatic carboxylic acids is 1. The Hall–Kier alpha value is -0.950. The standard InChI is InChI=1S/C13H23N3O3S/c1-9-16(11(8-20-9)12(17)18)13(19)15(3)7-10-4-5-14(2)6-10/h9-11H,4-8H2,1-3H3,(H,17,18). The van der Waals surface area contributed by atoms with Crippen LogP contribution in [0.1, 0.15) is 13.3 Å². The molecule has 2 amide bonds. The van der Waals surface area contributed by atoms with Crippen molar-refractivity contribution in [3.63, 3.8) is 0 Å². The number of rotatable bonds is 3. The maximum Gasteiger partial charge on any atom is 0.327 e. The van der Waals surface area contributed by atoms with Gasteiger partial charge in [0.1, 0.15) is 6.04 Å². The van der Waals surface area contributed by atoms with Crippen LogP contribution < -0.4 is 0 Å². The van der Waals surface area contributed by atoms with Crippen LogP contribution in [0.3, 0.4) is 0 Å². The lowest BCUT2D eigenvalue weighted by molar-refractivity contribution is -0.141. The monoisotopic (exact) mass is 301 g/mol. The van der Waals surface area contributed by atoms with Gasteiger partial charge in [-0.05, 0) is 32.9 Å². The van der Waals surface area contributed by atoms with Crippen molar-refractivity contribution in [2.75, 3.05) is 39.5 Å². The smallest absolute Gasteiger partial charge is 0.327 e. The molecule has 2 rings (SSSR count). The Labute approximate surface area is 124 Å². The number of carbonyl (C=O) groups excluding carboxylic acids is 1. The third kappa shape index (κ3) is 3.20. The minimum Gasteiger partial charge on any atom is -0.480 e. The number of carboxylic acid groups (broad SMARTS) is 1. The maximum absolute atomic E-state index is 12.5. The van der Waals surface area contributed by atoms with E-state index in [0.717, 1.165) is 19.5 Å². The predicted molar refractivity (Wildman–Crippen MR) is 78.8 cm³/mol. The third-order valence-electron chi connectivity index (χ3n) is 4.08. The molecular weight excluding hydrogens is 278 g/mol. The number of amides is 2. The van der Waals surface area contributed by atoms with Crippen molar-refractivity contribution in [1.82, 2.24) is 14.7 Å². The van der Waals surface area contributed by atoms with Crippen molar-refractivity contribution < 1.29 is 14.7 Å².